The predicted molar refractivity (Wildman–Crippen MR) is 105 cm³/mol. The van der Waals surface area contributed by atoms with Crippen LogP contribution in [0.4, 0.5) is 10.2 Å². The highest BCUT2D eigenvalue weighted by Crippen LogP contribution is 2.27. The molecule has 1 aliphatic heterocycles. The van der Waals surface area contributed by atoms with Crippen LogP contribution in [-0.4, -0.2) is 39.8 Å². The number of nitrogens with zero attached hydrogens (tertiary/aromatic N) is 4. The van der Waals surface area contributed by atoms with Gasteiger partial charge in [0.1, 0.15) is 12.4 Å². The Hall–Kier alpha value is -2.51. The Morgan fingerprint density at radius 3 is 2.37 bits per heavy atom. The number of rotatable bonds is 6. The van der Waals surface area contributed by atoms with Crippen molar-refractivity contribution in [2.75, 3.05) is 31.1 Å². The monoisotopic (exact) mass is 384 g/mol. The standard InChI is InChI=1S/C20H21FN4OS/c21-18-8-6-17(7-9-18)15-26-20-19(22-27-23-20)25-12-10-24(11-13-25)14-16-4-2-1-3-5-16/h1-9H,10-15H2. The van der Waals surface area contributed by atoms with Crippen molar-refractivity contribution in [1.82, 2.24) is 13.6 Å². The highest BCUT2D eigenvalue weighted by Gasteiger charge is 2.23. The van der Waals surface area contributed by atoms with E-state index in [-0.39, 0.29) is 5.82 Å². The van der Waals surface area contributed by atoms with E-state index in [1.165, 1.54) is 17.7 Å². The minimum Gasteiger partial charge on any atom is -0.470 e. The van der Waals surface area contributed by atoms with Gasteiger partial charge < -0.3 is 9.64 Å². The molecule has 1 fully saturated rings. The van der Waals surface area contributed by atoms with Crippen molar-refractivity contribution in [3.05, 3.63) is 71.5 Å². The van der Waals surface area contributed by atoms with E-state index in [4.69, 9.17) is 4.74 Å². The molecule has 0 atom stereocenters. The number of ether oxygens (including phenoxy) is 1. The number of piperazine rings is 1. The second kappa shape index (κ2) is 8.45. The number of halogens is 1. The predicted octanol–water partition coefficient (Wildman–Crippen LogP) is 3.58. The van der Waals surface area contributed by atoms with E-state index in [1.54, 1.807) is 12.1 Å². The molecular formula is C20H21FN4OS. The molecule has 0 spiro atoms. The maximum absolute atomic E-state index is 13.0. The third kappa shape index (κ3) is 4.61. The number of hydrogen-bond donors (Lipinski definition) is 0. The van der Waals surface area contributed by atoms with Crippen LogP contribution < -0.4 is 9.64 Å². The van der Waals surface area contributed by atoms with Crippen molar-refractivity contribution < 1.29 is 9.13 Å². The van der Waals surface area contributed by atoms with Gasteiger partial charge >= 0.3 is 0 Å². The Morgan fingerprint density at radius 1 is 0.889 bits per heavy atom. The van der Waals surface area contributed by atoms with Gasteiger partial charge in [0.05, 0.1) is 11.7 Å². The topological polar surface area (TPSA) is 41.5 Å². The lowest BCUT2D eigenvalue weighted by Crippen LogP contribution is -2.46. The van der Waals surface area contributed by atoms with Crippen LogP contribution in [0.1, 0.15) is 11.1 Å². The first kappa shape index (κ1) is 17.9. The zero-order valence-electron chi connectivity index (χ0n) is 14.9. The first-order valence-corrected chi connectivity index (χ1v) is 9.72. The molecule has 0 saturated carbocycles. The largest absolute Gasteiger partial charge is 0.470 e. The Balaban J connectivity index is 1.32. The summed E-state index contributed by atoms with van der Waals surface area (Å²) in [5.41, 5.74) is 2.24. The highest BCUT2D eigenvalue weighted by atomic mass is 32.1. The fourth-order valence-corrected chi connectivity index (χ4v) is 3.67. The molecule has 7 heteroatoms. The molecule has 0 radical (unpaired) electrons. The molecule has 0 aliphatic carbocycles. The van der Waals surface area contributed by atoms with E-state index in [0.717, 1.165) is 55.8 Å². The van der Waals surface area contributed by atoms with E-state index in [1.807, 2.05) is 6.07 Å². The lowest BCUT2D eigenvalue weighted by atomic mass is 10.2. The molecular weight excluding hydrogens is 363 g/mol. The second-order valence-electron chi connectivity index (χ2n) is 6.56. The summed E-state index contributed by atoms with van der Waals surface area (Å²) in [7, 11) is 0. The zero-order chi connectivity index (χ0) is 18.5. The van der Waals surface area contributed by atoms with Crippen molar-refractivity contribution in [3.63, 3.8) is 0 Å². The summed E-state index contributed by atoms with van der Waals surface area (Å²) in [6.07, 6.45) is 0. The SMILES string of the molecule is Fc1ccc(COc2nsnc2N2CCN(Cc3ccccc3)CC2)cc1. The number of hydrogen-bond acceptors (Lipinski definition) is 6. The molecule has 4 rings (SSSR count). The lowest BCUT2D eigenvalue weighted by Gasteiger charge is -2.34. The molecule has 1 saturated heterocycles. The van der Waals surface area contributed by atoms with Crippen molar-refractivity contribution in [3.8, 4) is 5.88 Å². The van der Waals surface area contributed by atoms with E-state index < -0.39 is 0 Å². The number of benzene rings is 2. The average Bonchev–Trinajstić information content (AvgIpc) is 3.18. The quantitative estimate of drug-likeness (QED) is 0.650. The summed E-state index contributed by atoms with van der Waals surface area (Å²) in [5, 5.41) is 0. The van der Waals surface area contributed by atoms with Gasteiger partial charge in [-0.2, -0.15) is 4.37 Å². The van der Waals surface area contributed by atoms with Gasteiger partial charge in [-0.25, -0.2) is 4.39 Å². The van der Waals surface area contributed by atoms with Crippen LogP contribution in [0.5, 0.6) is 5.88 Å². The van der Waals surface area contributed by atoms with Crippen LogP contribution in [0.15, 0.2) is 54.6 Å². The Bertz CT molecular complexity index is 848. The van der Waals surface area contributed by atoms with Crippen molar-refractivity contribution in [2.24, 2.45) is 0 Å². The van der Waals surface area contributed by atoms with E-state index in [2.05, 4.69) is 42.8 Å². The molecule has 5 nitrogen and oxygen atoms in total. The Labute approximate surface area is 162 Å². The van der Waals surface area contributed by atoms with E-state index >= 15 is 0 Å². The summed E-state index contributed by atoms with van der Waals surface area (Å²) < 4.78 is 27.6. The average molecular weight is 384 g/mol. The molecule has 1 aromatic heterocycles. The fourth-order valence-electron chi connectivity index (χ4n) is 3.15. The minimum absolute atomic E-state index is 0.247. The summed E-state index contributed by atoms with van der Waals surface area (Å²) >= 11 is 1.16. The van der Waals surface area contributed by atoms with Gasteiger partial charge in [0.2, 0.25) is 5.82 Å². The van der Waals surface area contributed by atoms with Gasteiger partial charge in [-0.1, -0.05) is 42.5 Å². The molecule has 0 amide bonds. The summed E-state index contributed by atoms with van der Waals surface area (Å²) in [6.45, 7) is 5.06. The number of anilines is 1. The van der Waals surface area contributed by atoms with Gasteiger partial charge in [0.15, 0.2) is 0 Å². The third-order valence-electron chi connectivity index (χ3n) is 4.65. The highest BCUT2D eigenvalue weighted by molar-refractivity contribution is 6.99. The smallest absolute Gasteiger partial charge is 0.271 e. The van der Waals surface area contributed by atoms with Crippen molar-refractivity contribution >= 4 is 17.5 Å². The van der Waals surface area contributed by atoms with Crippen LogP contribution in [0.2, 0.25) is 0 Å². The van der Waals surface area contributed by atoms with Gasteiger partial charge in [-0.3, -0.25) is 4.90 Å². The van der Waals surface area contributed by atoms with E-state index in [0.29, 0.717) is 12.5 Å². The molecule has 27 heavy (non-hydrogen) atoms. The summed E-state index contributed by atoms with van der Waals surface area (Å²) in [5.74, 6) is 1.12. The number of aromatic nitrogens is 2. The zero-order valence-corrected chi connectivity index (χ0v) is 15.7. The molecule has 2 aromatic carbocycles. The molecule has 0 bridgehead atoms. The van der Waals surface area contributed by atoms with Crippen molar-refractivity contribution in [2.45, 2.75) is 13.2 Å². The normalized spacial score (nSPS) is 15.1. The first-order chi connectivity index (χ1) is 13.3. The summed E-state index contributed by atoms with van der Waals surface area (Å²) in [4.78, 5) is 4.68. The van der Waals surface area contributed by atoms with Crippen LogP contribution in [0, 0.1) is 5.82 Å². The van der Waals surface area contributed by atoms with Gasteiger partial charge in [-0.05, 0) is 23.3 Å². The van der Waals surface area contributed by atoms with E-state index in [9.17, 15) is 4.39 Å². The summed E-state index contributed by atoms with van der Waals surface area (Å²) in [6, 6.07) is 16.8. The fraction of sp³-hybridized carbons (Fsp3) is 0.300. The third-order valence-corrected chi connectivity index (χ3v) is 5.15. The van der Waals surface area contributed by atoms with Crippen LogP contribution in [0.3, 0.4) is 0 Å². The molecule has 140 valence electrons. The Morgan fingerprint density at radius 2 is 1.63 bits per heavy atom. The molecule has 0 unspecified atom stereocenters. The van der Waals surface area contributed by atoms with Gasteiger partial charge in [0.25, 0.3) is 5.88 Å². The lowest BCUT2D eigenvalue weighted by molar-refractivity contribution is 0.247. The van der Waals surface area contributed by atoms with Crippen LogP contribution in [0.25, 0.3) is 0 Å². The molecule has 0 N–H and O–H groups in total. The van der Waals surface area contributed by atoms with Gasteiger partial charge in [-0.15, -0.1) is 4.37 Å². The first-order valence-electron chi connectivity index (χ1n) is 8.99. The molecule has 2 heterocycles. The molecule has 3 aromatic rings. The minimum atomic E-state index is -0.247. The van der Waals surface area contributed by atoms with Crippen LogP contribution in [-0.2, 0) is 13.2 Å². The van der Waals surface area contributed by atoms with Crippen molar-refractivity contribution in [1.29, 1.82) is 0 Å². The van der Waals surface area contributed by atoms with Gasteiger partial charge in [0, 0.05) is 32.7 Å². The maximum Gasteiger partial charge on any atom is 0.271 e. The van der Waals surface area contributed by atoms with Crippen LogP contribution >= 0.6 is 11.7 Å². The second-order valence-corrected chi connectivity index (χ2v) is 7.09. The Kier molecular flexibility index (Phi) is 5.60. The molecule has 1 aliphatic rings. The maximum atomic E-state index is 13.0.